The van der Waals surface area contributed by atoms with Gasteiger partial charge in [0.05, 0.1) is 16.3 Å². The number of nitro benzene ring substituents is 1. The van der Waals surface area contributed by atoms with E-state index in [1.165, 1.54) is 12.1 Å². The summed E-state index contributed by atoms with van der Waals surface area (Å²) in [5.41, 5.74) is 3.79. The number of aliphatic imine (C=N–C) groups is 1. The van der Waals surface area contributed by atoms with E-state index in [-0.39, 0.29) is 11.6 Å². The number of non-ortho nitro benzene ring substituents is 1. The zero-order chi connectivity index (χ0) is 22.1. The maximum Gasteiger partial charge on any atom is 0.269 e. The highest BCUT2D eigenvalue weighted by Gasteiger charge is 2.36. The molecule has 1 amide bonds. The molecular formula is C24H17N5O3. The first-order valence-corrected chi connectivity index (χ1v) is 9.93. The Morgan fingerprint density at radius 2 is 1.88 bits per heavy atom. The molecule has 2 heterocycles. The van der Waals surface area contributed by atoms with Gasteiger partial charge in [-0.1, -0.05) is 42.5 Å². The number of imidazole rings is 1. The van der Waals surface area contributed by atoms with Gasteiger partial charge in [-0.2, -0.15) is 0 Å². The lowest BCUT2D eigenvalue weighted by Crippen LogP contribution is -2.22. The summed E-state index contributed by atoms with van der Waals surface area (Å²) in [6.07, 6.45) is 3.42. The topological polar surface area (TPSA) is 113 Å². The predicted molar refractivity (Wildman–Crippen MR) is 121 cm³/mol. The average molecular weight is 423 g/mol. The van der Waals surface area contributed by atoms with E-state index < -0.39 is 10.8 Å². The average Bonchev–Trinajstić information content (AvgIpc) is 3.45. The van der Waals surface area contributed by atoms with Gasteiger partial charge in [0.25, 0.3) is 5.69 Å². The standard InChI is InChI=1S/C24H17N5O3/c30-24-21(19-14-18(29(31)32)9-10-20(19)28-24)22(15-5-2-1-3-6-15)27-17-8-4-7-16(13-17)23-25-11-12-26-23/h1-14,21H,(H,25,26)(H,28,30). The van der Waals surface area contributed by atoms with Crippen LogP contribution in [0.25, 0.3) is 11.4 Å². The van der Waals surface area contributed by atoms with Crippen molar-refractivity contribution in [1.29, 1.82) is 0 Å². The van der Waals surface area contributed by atoms with Crippen LogP contribution in [0.2, 0.25) is 0 Å². The van der Waals surface area contributed by atoms with E-state index in [1.54, 1.807) is 18.5 Å². The number of hydrogen-bond donors (Lipinski definition) is 2. The Hall–Kier alpha value is -4.59. The number of anilines is 1. The molecule has 4 aromatic rings. The molecule has 1 aliphatic heterocycles. The Labute approximate surface area is 182 Å². The van der Waals surface area contributed by atoms with Gasteiger partial charge in [0, 0.05) is 41.3 Å². The van der Waals surface area contributed by atoms with Gasteiger partial charge in [0.15, 0.2) is 0 Å². The number of amides is 1. The first-order chi connectivity index (χ1) is 15.6. The minimum Gasteiger partial charge on any atom is -0.345 e. The minimum absolute atomic E-state index is 0.0718. The number of hydrogen-bond acceptors (Lipinski definition) is 5. The number of carbonyl (C=O) groups excluding carboxylic acids is 1. The molecule has 0 fully saturated rings. The molecule has 8 nitrogen and oxygen atoms in total. The zero-order valence-corrected chi connectivity index (χ0v) is 16.7. The monoisotopic (exact) mass is 423 g/mol. The highest BCUT2D eigenvalue weighted by atomic mass is 16.6. The number of rotatable bonds is 5. The normalized spacial score (nSPS) is 15.3. The number of fused-ring (bicyclic) bond motifs is 1. The van der Waals surface area contributed by atoms with E-state index in [2.05, 4.69) is 15.3 Å². The van der Waals surface area contributed by atoms with Crippen molar-refractivity contribution in [3.05, 3.63) is 106 Å². The lowest BCUT2D eigenvalue weighted by atomic mass is 9.90. The highest BCUT2D eigenvalue weighted by molar-refractivity contribution is 6.24. The molecule has 5 rings (SSSR count). The Balaban J connectivity index is 1.66. The Kier molecular flexibility index (Phi) is 4.79. The van der Waals surface area contributed by atoms with Crippen LogP contribution >= 0.6 is 0 Å². The van der Waals surface area contributed by atoms with Crippen molar-refractivity contribution in [2.45, 2.75) is 5.92 Å². The van der Waals surface area contributed by atoms with Crippen molar-refractivity contribution in [3.8, 4) is 11.4 Å². The maximum absolute atomic E-state index is 13.0. The fourth-order valence-corrected chi connectivity index (χ4v) is 3.82. The number of carbonyl (C=O) groups is 1. The maximum atomic E-state index is 13.0. The van der Waals surface area contributed by atoms with Gasteiger partial charge < -0.3 is 10.3 Å². The Bertz CT molecular complexity index is 1350. The van der Waals surface area contributed by atoms with E-state index >= 15 is 0 Å². The number of aromatic nitrogens is 2. The van der Waals surface area contributed by atoms with Crippen LogP contribution in [0.4, 0.5) is 17.1 Å². The summed E-state index contributed by atoms with van der Waals surface area (Å²) < 4.78 is 0. The molecule has 156 valence electrons. The van der Waals surface area contributed by atoms with Gasteiger partial charge in [-0.05, 0) is 23.8 Å². The molecule has 0 aliphatic carbocycles. The molecule has 1 aliphatic rings. The number of nitrogens with zero attached hydrogens (tertiary/aromatic N) is 3. The number of nitrogens with one attached hydrogen (secondary N) is 2. The van der Waals surface area contributed by atoms with Crippen LogP contribution in [0.15, 0.2) is 90.2 Å². The molecule has 0 saturated heterocycles. The summed E-state index contributed by atoms with van der Waals surface area (Å²) in [5, 5.41) is 14.2. The Morgan fingerprint density at radius 1 is 1.03 bits per heavy atom. The summed E-state index contributed by atoms with van der Waals surface area (Å²) in [5.74, 6) is -0.340. The second kappa shape index (κ2) is 7.92. The molecule has 2 N–H and O–H groups in total. The summed E-state index contributed by atoms with van der Waals surface area (Å²) in [6, 6.07) is 21.3. The van der Waals surface area contributed by atoms with Gasteiger partial charge in [-0.25, -0.2) is 4.98 Å². The second-order valence-electron chi connectivity index (χ2n) is 7.30. The summed E-state index contributed by atoms with van der Waals surface area (Å²) in [4.78, 5) is 36.1. The molecule has 1 unspecified atom stereocenters. The van der Waals surface area contributed by atoms with E-state index in [9.17, 15) is 14.9 Å². The smallest absolute Gasteiger partial charge is 0.269 e. The molecule has 0 saturated carbocycles. The summed E-state index contributed by atoms with van der Waals surface area (Å²) in [7, 11) is 0. The van der Waals surface area contributed by atoms with Crippen molar-refractivity contribution < 1.29 is 9.72 Å². The van der Waals surface area contributed by atoms with E-state index in [0.29, 0.717) is 28.5 Å². The van der Waals surface area contributed by atoms with Gasteiger partial charge in [0.1, 0.15) is 11.7 Å². The van der Waals surface area contributed by atoms with Crippen LogP contribution in [-0.2, 0) is 4.79 Å². The lowest BCUT2D eigenvalue weighted by Gasteiger charge is -2.14. The SMILES string of the molecule is O=C1Nc2ccc([N+](=O)[O-])cc2C1C(=Nc1cccc(-c2ncc[nH]2)c1)c1ccccc1. The second-order valence-corrected chi connectivity index (χ2v) is 7.30. The summed E-state index contributed by atoms with van der Waals surface area (Å²) >= 11 is 0. The molecule has 1 aromatic heterocycles. The third-order valence-electron chi connectivity index (χ3n) is 5.29. The largest absolute Gasteiger partial charge is 0.345 e. The number of benzene rings is 3. The molecule has 3 aromatic carbocycles. The highest BCUT2D eigenvalue weighted by Crippen LogP contribution is 2.38. The van der Waals surface area contributed by atoms with Gasteiger partial charge >= 0.3 is 0 Å². The molecule has 0 radical (unpaired) electrons. The van der Waals surface area contributed by atoms with Crippen LogP contribution in [0.3, 0.4) is 0 Å². The molecular weight excluding hydrogens is 406 g/mol. The van der Waals surface area contributed by atoms with Crippen LogP contribution in [0, 0.1) is 10.1 Å². The molecule has 0 bridgehead atoms. The number of aromatic amines is 1. The first kappa shape index (κ1) is 19.4. The van der Waals surface area contributed by atoms with E-state index in [4.69, 9.17) is 4.99 Å². The van der Waals surface area contributed by atoms with Crippen molar-refractivity contribution >= 4 is 28.7 Å². The van der Waals surface area contributed by atoms with Crippen LogP contribution in [-0.4, -0.2) is 26.5 Å². The molecule has 32 heavy (non-hydrogen) atoms. The van der Waals surface area contributed by atoms with Gasteiger partial charge in [-0.3, -0.25) is 19.9 Å². The fraction of sp³-hybridized carbons (Fsp3) is 0.0417. The predicted octanol–water partition coefficient (Wildman–Crippen LogP) is 4.84. The molecule has 0 spiro atoms. The fourth-order valence-electron chi connectivity index (χ4n) is 3.82. The quantitative estimate of drug-likeness (QED) is 0.272. The number of H-pyrrole nitrogens is 1. The third-order valence-corrected chi connectivity index (χ3v) is 5.29. The van der Waals surface area contributed by atoms with Crippen LogP contribution < -0.4 is 5.32 Å². The van der Waals surface area contributed by atoms with Crippen molar-refractivity contribution in [3.63, 3.8) is 0 Å². The summed E-state index contributed by atoms with van der Waals surface area (Å²) in [6.45, 7) is 0. The van der Waals surface area contributed by atoms with Crippen LogP contribution in [0.1, 0.15) is 17.0 Å². The lowest BCUT2D eigenvalue weighted by molar-refractivity contribution is -0.384. The van der Waals surface area contributed by atoms with Crippen molar-refractivity contribution in [1.82, 2.24) is 9.97 Å². The van der Waals surface area contributed by atoms with Crippen molar-refractivity contribution in [2.75, 3.05) is 5.32 Å². The number of nitro groups is 1. The first-order valence-electron chi connectivity index (χ1n) is 9.93. The van der Waals surface area contributed by atoms with Gasteiger partial charge in [-0.15, -0.1) is 0 Å². The molecule has 8 heteroatoms. The van der Waals surface area contributed by atoms with Crippen LogP contribution in [0.5, 0.6) is 0 Å². The zero-order valence-electron chi connectivity index (χ0n) is 16.7. The minimum atomic E-state index is -0.778. The van der Waals surface area contributed by atoms with Crippen molar-refractivity contribution in [2.24, 2.45) is 4.99 Å². The van der Waals surface area contributed by atoms with Gasteiger partial charge in [0.2, 0.25) is 5.91 Å². The third kappa shape index (κ3) is 3.54. The van der Waals surface area contributed by atoms with E-state index in [0.717, 1.165) is 11.1 Å². The molecule has 1 atom stereocenters. The van der Waals surface area contributed by atoms with E-state index in [1.807, 2.05) is 54.6 Å². The Morgan fingerprint density at radius 3 is 2.62 bits per heavy atom.